The van der Waals surface area contributed by atoms with Gasteiger partial charge in [0.25, 0.3) is 0 Å². The van der Waals surface area contributed by atoms with Crippen molar-refractivity contribution in [3.8, 4) is 18.0 Å². The number of halogens is 2. The zero-order valence-corrected chi connectivity index (χ0v) is 16.6. The number of rotatable bonds is 7. The standard InChI is InChI=1S/C19H20Cl2N4O2/c1-4-8-22-18(26)7-9-23-19(27)11-15-12(2)24-25(13(15)3)14-5-6-16(20)17(21)10-14/h1,5-6,10H,7-9,11H2,2-3H3,(H,22,26)(H,23,27). The Morgan fingerprint density at radius 3 is 2.59 bits per heavy atom. The third-order valence-corrected chi connectivity index (χ3v) is 4.73. The maximum Gasteiger partial charge on any atom is 0.224 e. The molecular formula is C19H20Cl2N4O2. The Labute approximate surface area is 168 Å². The molecule has 0 spiro atoms. The first-order chi connectivity index (χ1) is 12.8. The van der Waals surface area contributed by atoms with E-state index in [1.807, 2.05) is 19.9 Å². The van der Waals surface area contributed by atoms with Crippen LogP contribution in [0, 0.1) is 26.2 Å². The van der Waals surface area contributed by atoms with Crippen LogP contribution in [0.2, 0.25) is 10.0 Å². The average molecular weight is 407 g/mol. The molecule has 1 heterocycles. The topological polar surface area (TPSA) is 76.0 Å². The van der Waals surface area contributed by atoms with Crippen LogP contribution in [0.3, 0.4) is 0 Å². The molecule has 2 amide bonds. The van der Waals surface area contributed by atoms with Gasteiger partial charge in [-0.1, -0.05) is 29.1 Å². The smallest absolute Gasteiger partial charge is 0.224 e. The van der Waals surface area contributed by atoms with Gasteiger partial charge in [-0.2, -0.15) is 5.10 Å². The molecule has 2 aromatic rings. The van der Waals surface area contributed by atoms with Gasteiger partial charge < -0.3 is 10.6 Å². The number of benzene rings is 1. The number of carbonyl (C=O) groups is 2. The second-order valence-electron chi connectivity index (χ2n) is 5.92. The van der Waals surface area contributed by atoms with E-state index in [0.717, 1.165) is 22.6 Å². The Kier molecular flexibility index (Phi) is 7.28. The molecule has 2 N–H and O–H groups in total. The second kappa shape index (κ2) is 9.45. The maximum absolute atomic E-state index is 12.2. The summed E-state index contributed by atoms with van der Waals surface area (Å²) in [5.74, 6) is 1.94. The first-order valence-electron chi connectivity index (χ1n) is 8.31. The molecule has 0 radical (unpaired) electrons. The maximum atomic E-state index is 12.2. The molecule has 0 saturated heterocycles. The van der Waals surface area contributed by atoms with Crippen molar-refractivity contribution in [2.45, 2.75) is 26.7 Å². The summed E-state index contributed by atoms with van der Waals surface area (Å²) in [4.78, 5) is 23.7. The lowest BCUT2D eigenvalue weighted by atomic mass is 10.1. The summed E-state index contributed by atoms with van der Waals surface area (Å²) in [6.45, 7) is 4.16. The van der Waals surface area contributed by atoms with Gasteiger partial charge in [-0.3, -0.25) is 9.59 Å². The molecule has 0 atom stereocenters. The minimum absolute atomic E-state index is 0.172. The first-order valence-corrected chi connectivity index (χ1v) is 9.06. The molecule has 0 unspecified atom stereocenters. The fourth-order valence-corrected chi connectivity index (χ4v) is 2.87. The largest absolute Gasteiger partial charge is 0.355 e. The minimum atomic E-state index is -0.201. The van der Waals surface area contributed by atoms with Gasteiger partial charge in [0.05, 0.1) is 34.4 Å². The summed E-state index contributed by atoms with van der Waals surface area (Å²) in [5, 5.41) is 10.7. The van der Waals surface area contributed by atoms with Crippen LogP contribution in [-0.2, 0) is 16.0 Å². The molecule has 8 heteroatoms. The first kappa shape index (κ1) is 20.8. The highest BCUT2D eigenvalue weighted by molar-refractivity contribution is 6.42. The summed E-state index contributed by atoms with van der Waals surface area (Å²) in [5.41, 5.74) is 3.19. The predicted octanol–water partition coefficient (Wildman–Crippen LogP) is 2.59. The Morgan fingerprint density at radius 1 is 1.19 bits per heavy atom. The van der Waals surface area contributed by atoms with E-state index < -0.39 is 0 Å². The van der Waals surface area contributed by atoms with Crippen molar-refractivity contribution in [2.24, 2.45) is 0 Å². The second-order valence-corrected chi connectivity index (χ2v) is 6.73. The quantitative estimate of drug-likeness (QED) is 0.693. The van der Waals surface area contributed by atoms with Crippen LogP contribution in [0.5, 0.6) is 0 Å². The third-order valence-electron chi connectivity index (χ3n) is 3.99. The lowest BCUT2D eigenvalue weighted by molar-refractivity contribution is -0.121. The number of hydrogen-bond donors (Lipinski definition) is 2. The molecule has 0 aliphatic rings. The fraction of sp³-hybridized carbons (Fsp3) is 0.316. The van der Waals surface area contributed by atoms with E-state index >= 15 is 0 Å². The molecule has 1 aromatic carbocycles. The van der Waals surface area contributed by atoms with E-state index in [1.54, 1.807) is 16.8 Å². The molecule has 1 aromatic heterocycles. The Bertz CT molecular complexity index is 900. The van der Waals surface area contributed by atoms with Crippen molar-refractivity contribution in [1.82, 2.24) is 20.4 Å². The van der Waals surface area contributed by atoms with Crippen molar-refractivity contribution in [1.29, 1.82) is 0 Å². The van der Waals surface area contributed by atoms with Gasteiger partial charge in [0.1, 0.15) is 0 Å². The Hall–Kier alpha value is -2.49. The van der Waals surface area contributed by atoms with E-state index in [9.17, 15) is 9.59 Å². The molecule has 0 aliphatic carbocycles. The van der Waals surface area contributed by atoms with Crippen molar-refractivity contribution >= 4 is 35.0 Å². The predicted molar refractivity (Wildman–Crippen MR) is 106 cm³/mol. The highest BCUT2D eigenvalue weighted by atomic mass is 35.5. The van der Waals surface area contributed by atoms with Gasteiger partial charge in [0.2, 0.25) is 11.8 Å². The number of aryl methyl sites for hydroxylation is 1. The lowest BCUT2D eigenvalue weighted by Crippen LogP contribution is -2.31. The number of carbonyl (C=O) groups excluding carboxylic acids is 2. The molecule has 142 valence electrons. The normalized spacial score (nSPS) is 10.3. The monoisotopic (exact) mass is 406 g/mol. The number of nitrogens with one attached hydrogen (secondary N) is 2. The Balaban J connectivity index is 2.02. The van der Waals surface area contributed by atoms with Crippen LogP contribution in [0.15, 0.2) is 18.2 Å². The van der Waals surface area contributed by atoms with E-state index in [2.05, 4.69) is 21.7 Å². The highest BCUT2D eigenvalue weighted by Gasteiger charge is 2.16. The minimum Gasteiger partial charge on any atom is -0.355 e. The summed E-state index contributed by atoms with van der Waals surface area (Å²) < 4.78 is 1.73. The molecule has 0 fully saturated rings. The molecule has 27 heavy (non-hydrogen) atoms. The molecule has 2 rings (SSSR count). The molecule has 6 nitrogen and oxygen atoms in total. The zero-order chi connectivity index (χ0) is 20.0. The summed E-state index contributed by atoms with van der Waals surface area (Å²) in [6, 6.07) is 5.24. The van der Waals surface area contributed by atoms with Gasteiger partial charge in [0.15, 0.2) is 0 Å². The number of terminal acetylenes is 1. The van der Waals surface area contributed by atoms with Gasteiger partial charge in [0, 0.05) is 24.2 Å². The molecule has 0 saturated carbocycles. The van der Waals surface area contributed by atoms with E-state index in [4.69, 9.17) is 29.6 Å². The van der Waals surface area contributed by atoms with Gasteiger partial charge in [-0.25, -0.2) is 4.68 Å². The third kappa shape index (κ3) is 5.49. The van der Waals surface area contributed by atoms with Crippen molar-refractivity contribution in [3.63, 3.8) is 0 Å². The number of aromatic nitrogens is 2. The lowest BCUT2D eigenvalue weighted by Gasteiger charge is -2.08. The van der Waals surface area contributed by atoms with Gasteiger partial charge in [-0.05, 0) is 32.0 Å². The van der Waals surface area contributed by atoms with Crippen molar-refractivity contribution < 1.29 is 9.59 Å². The highest BCUT2D eigenvalue weighted by Crippen LogP contribution is 2.26. The average Bonchev–Trinajstić information content (AvgIpc) is 2.90. The van der Waals surface area contributed by atoms with E-state index in [0.29, 0.717) is 10.0 Å². The summed E-state index contributed by atoms with van der Waals surface area (Å²) in [6.07, 6.45) is 5.42. The number of hydrogen-bond acceptors (Lipinski definition) is 3. The number of amides is 2. The number of nitrogens with zero attached hydrogens (tertiary/aromatic N) is 2. The van der Waals surface area contributed by atoms with Crippen LogP contribution >= 0.6 is 23.2 Å². The van der Waals surface area contributed by atoms with Crippen LogP contribution in [0.1, 0.15) is 23.4 Å². The molecule has 0 bridgehead atoms. The van der Waals surface area contributed by atoms with Crippen molar-refractivity contribution in [2.75, 3.05) is 13.1 Å². The fourth-order valence-electron chi connectivity index (χ4n) is 2.58. The van der Waals surface area contributed by atoms with Crippen molar-refractivity contribution in [3.05, 3.63) is 45.2 Å². The van der Waals surface area contributed by atoms with E-state index in [1.165, 1.54) is 0 Å². The van der Waals surface area contributed by atoms with Gasteiger partial charge >= 0.3 is 0 Å². The molecular weight excluding hydrogens is 387 g/mol. The molecule has 0 aliphatic heterocycles. The van der Waals surface area contributed by atoms with E-state index in [-0.39, 0.29) is 37.7 Å². The summed E-state index contributed by atoms with van der Waals surface area (Å²) >= 11 is 12.0. The summed E-state index contributed by atoms with van der Waals surface area (Å²) in [7, 11) is 0. The zero-order valence-electron chi connectivity index (χ0n) is 15.1. The van der Waals surface area contributed by atoms with Crippen LogP contribution < -0.4 is 10.6 Å². The van der Waals surface area contributed by atoms with Gasteiger partial charge in [-0.15, -0.1) is 6.42 Å². The van der Waals surface area contributed by atoms with Crippen LogP contribution in [0.4, 0.5) is 0 Å². The SMILES string of the molecule is C#CCNC(=O)CCNC(=O)Cc1c(C)nn(-c2ccc(Cl)c(Cl)c2)c1C. The van der Waals surface area contributed by atoms with Crippen LogP contribution in [-0.4, -0.2) is 34.7 Å². The Morgan fingerprint density at radius 2 is 1.93 bits per heavy atom. The van der Waals surface area contributed by atoms with Crippen LogP contribution in [0.25, 0.3) is 5.69 Å².